The largest absolute Gasteiger partial charge is 0.444 e. The molecule has 2 aliphatic rings. The van der Waals surface area contributed by atoms with Gasteiger partial charge in [0.2, 0.25) is 0 Å². The van der Waals surface area contributed by atoms with E-state index in [-0.39, 0.29) is 18.2 Å². The molecule has 0 aromatic carbocycles. The monoisotopic (exact) mass is 590 g/mol. The molecule has 1 unspecified atom stereocenters. The summed E-state index contributed by atoms with van der Waals surface area (Å²) in [6.45, 7) is 25.4. The number of piperazine rings is 1. The van der Waals surface area contributed by atoms with Crippen molar-refractivity contribution in [2.45, 2.75) is 126 Å². The third-order valence-electron chi connectivity index (χ3n) is 8.40. The van der Waals surface area contributed by atoms with Crippen LogP contribution in [0.5, 0.6) is 0 Å². The Morgan fingerprint density at radius 2 is 1.81 bits per heavy atom. The highest BCUT2D eigenvalue weighted by molar-refractivity contribution is 6.04. The summed E-state index contributed by atoms with van der Waals surface area (Å²) in [5, 5.41) is 9.51. The fourth-order valence-corrected chi connectivity index (χ4v) is 6.26. The third-order valence-corrected chi connectivity index (χ3v) is 8.40. The Morgan fingerprint density at radius 3 is 2.37 bits per heavy atom. The van der Waals surface area contributed by atoms with Gasteiger partial charge >= 0.3 is 6.09 Å². The van der Waals surface area contributed by atoms with E-state index in [1.807, 2.05) is 37.8 Å². The summed E-state index contributed by atoms with van der Waals surface area (Å²) in [7, 11) is 0. The van der Waals surface area contributed by atoms with Gasteiger partial charge in [-0.2, -0.15) is 5.26 Å². The molecule has 0 saturated carbocycles. The third kappa shape index (κ3) is 10.3. The maximum atomic E-state index is 13.0. The summed E-state index contributed by atoms with van der Waals surface area (Å²) in [4.78, 5) is 22.5. The van der Waals surface area contributed by atoms with Gasteiger partial charge in [0, 0.05) is 48.7 Å². The van der Waals surface area contributed by atoms with Crippen molar-refractivity contribution in [2.24, 2.45) is 16.8 Å². The number of unbranched alkanes of at least 4 members (excludes halogenated alkanes) is 1. The quantitative estimate of drug-likeness (QED) is 0.137. The van der Waals surface area contributed by atoms with Crippen molar-refractivity contribution in [3.63, 3.8) is 0 Å². The number of amides is 1. The lowest BCUT2D eigenvalue weighted by atomic mass is 9.86. The van der Waals surface area contributed by atoms with Gasteiger partial charge in [0.05, 0.1) is 11.6 Å². The highest BCUT2D eigenvalue weighted by Crippen LogP contribution is 2.32. The zero-order chi connectivity index (χ0) is 32.3. The number of ether oxygens (including phenoxy) is 1. The van der Waals surface area contributed by atoms with Crippen LogP contribution in [-0.2, 0) is 4.74 Å². The van der Waals surface area contributed by atoms with Gasteiger partial charge in [0.25, 0.3) is 0 Å². The molecule has 1 aliphatic heterocycles. The standard InChI is InChI=1S/C37H58N4O2/c1-12-31-20-17-18-30(23-38)22-32(31)19-15-16-21-34(39-14-3)35(33(13-2)26(4)5)29(8)40-24-28(7)41(25-27(40)6)36(42)43-37(9,10)11/h13,17-18,20,22,26-28,31H,12,14-16,19,21,24-25H2,1-11H3/b33-13-,35-29+,39-34?/t27-,28+,31?/m0/s1. The average molecular weight is 591 g/mol. The molecule has 1 fully saturated rings. The molecule has 0 aromatic heterocycles. The summed E-state index contributed by atoms with van der Waals surface area (Å²) >= 11 is 0. The van der Waals surface area contributed by atoms with Crippen LogP contribution < -0.4 is 0 Å². The number of hydrogen-bond donors (Lipinski definition) is 0. The summed E-state index contributed by atoms with van der Waals surface area (Å²) in [6.07, 6.45) is 15.3. The topological polar surface area (TPSA) is 68.9 Å². The Bertz CT molecular complexity index is 1190. The molecule has 0 bridgehead atoms. The molecule has 1 saturated heterocycles. The first kappa shape index (κ1) is 36.1. The lowest BCUT2D eigenvalue weighted by Crippen LogP contribution is -2.58. The molecule has 43 heavy (non-hydrogen) atoms. The number of nitriles is 1. The second-order valence-electron chi connectivity index (χ2n) is 13.3. The Labute approximate surface area is 263 Å². The maximum Gasteiger partial charge on any atom is 0.410 e. The fourth-order valence-electron chi connectivity index (χ4n) is 6.26. The molecule has 6 nitrogen and oxygen atoms in total. The van der Waals surface area contributed by atoms with E-state index in [2.05, 4.69) is 84.6 Å². The van der Waals surface area contributed by atoms with Gasteiger partial charge in [0.1, 0.15) is 5.60 Å². The van der Waals surface area contributed by atoms with Crippen molar-refractivity contribution in [1.29, 1.82) is 5.26 Å². The minimum atomic E-state index is -0.515. The molecule has 0 radical (unpaired) electrons. The average Bonchev–Trinajstić information content (AvgIpc) is 3.14. The van der Waals surface area contributed by atoms with E-state index in [0.29, 0.717) is 18.4 Å². The van der Waals surface area contributed by atoms with Crippen LogP contribution in [0, 0.1) is 23.2 Å². The Balaban J connectivity index is 2.33. The zero-order valence-electron chi connectivity index (χ0n) is 29.0. The van der Waals surface area contributed by atoms with Crippen LogP contribution in [0.1, 0.15) is 108 Å². The van der Waals surface area contributed by atoms with Gasteiger partial charge in [-0.05, 0) is 117 Å². The second-order valence-corrected chi connectivity index (χ2v) is 13.3. The summed E-state index contributed by atoms with van der Waals surface area (Å²) in [6, 6.07) is 2.50. The number of hydrogen-bond acceptors (Lipinski definition) is 5. The number of allylic oxidation sites excluding steroid dienone is 10. The van der Waals surface area contributed by atoms with Crippen molar-refractivity contribution in [3.05, 3.63) is 58.4 Å². The Kier molecular flexibility index (Phi) is 14.0. The van der Waals surface area contributed by atoms with E-state index in [0.717, 1.165) is 50.8 Å². The van der Waals surface area contributed by atoms with Crippen LogP contribution in [0.2, 0.25) is 0 Å². The van der Waals surface area contributed by atoms with Gasteiger partial charge in [-0.3, -0.25) is 4.99 Å². The van der Waals surface area contributed by atoms with Gasteiger partial charge in [-0.1, -0.05) is 44.6 Å². The van der Waals surface area contributed by atoms with Crippen molar-refractivity contribution in [1.82, 2.24) is 9.80 Å². The van der Waals surface area contributed by atoms with E-state index in [9.17, 15) is 10.1 Å². The maximum absolute atomic E-state index is 13.0. The van der Waals surface area contributed by atoms with Crippen molar-refractivity contribution < 1.29 is 9.53 Å². The molecular formula is C37H58N4O2. The van der Waals surface area contributed by atoms with Crippen LogP contribution in [0.4, 0.5) is 4.79 Å². The van der Waals surface area contributed by atoms with Crippen LogP contribution in [0.25, 0.3) is 0 Å². The molecule has 1 heterocycles. The summed E-state index contributed by atoms with van der Waals surface area (Å²) < 4.78 is 5.73. The first-order valence-electron chi connectivity index (χ1n) is 16.4. The molecule has 0 N–H and O–H groups in total. The minimum absolute atomic E-state index is 0.0303. The molecule has 238 valence electrons. The van der Waals surface area contributed by atoms with E-state index in [4.69, 9.17) is 9.73 Å². The van der Waals surface area contributed by atoms with E-state index in [1.54, 1.807) is 0 Å². The predicted octanol–water partition coefficient (Wildman–Crippen LogP) is 9.19. The van der Waals surface area contributed by atoms with E-state index >= 15 is 0 Å². The number of nitrogens with zero attached hydrogens (tertiary/aromatic N) is 4. The molecule has 0 spiro atoms. The van der Waals surface area contributed by atoms with Crippen molar-refractivity contribution in [2.75, 3.05) is 19.6 Å². The van der Waals surface area contributed by atoms with Crippen molar-refractivity contribution in [3.8, 4) is 6.07 Å². The molecular weight excluding hydrogens is 532 g/mol. The van der Waals surface area contributed by atoms with E-state index in [1.165, 1.54) is 28.1 Å². The molecule has 3 atom stereocenters. The first-order chi connectivity index (χ1) is 20.3. The first-order valence-corrected chi connectivity index (χ1v) is 16.4. The van der Waals surface area contributed by atoms with Crippen molar-refractivity contribution >= 4 is 11.8 Å². The van der Waals surface area contributed by atoms with Gasteiger partial charge in [0.15, 0.2) is 0 Å². The Morgan fingerprint density at radius 1 is 1.16 bits per heavy atom. The molecule has 1 amide bonds. The zero-order valence-corrected chi connectivity index (χ0v) is 29.0. The molecule has 1 aliphatic carbocycles. The second kappa shape index (κ2) is 16.7. The Hall–Kier alpha value is -3.07. The van der Waals surface area contributed by atoms with Crippen LogP contribution >= 0.6 is 0 Å². The number of carbonyl (C=O) groups excluding carboxylic acids is 1. The summed E-state index contributed by atoms with van der Waals surface area (Å²) in [5.74, 6) is 0.749. The smallest absolute Gasteiger partial charge is 0.410 e. The van der Waals surface area contributed by atoms with Gasteiger partial charge < -0.3 is 14.5 Å². The van der Waals surface area contributed by atoms with E-state index < -0.39 is 5.60 Å². The molecule has 2 rings (SSSR count). The highest BCUT2D eigenvalue weighted by atomic mass is 16.6. The lowest BCUT2D eigenvalue weighted by molar-refractivity contribution is -0.00419. The summed E-state index contributed by atoms with van der Waals surface area (Å²) in [5.41, 5.74) is 6.58. The number of rotatable bonds is 11. The fraction of sp³-hybridized carbons (Fsp3) is 0.649. The highest BCUT2D eigenvalue weighted by Gasteiger charge is 2.36. The molecule has 6 heteroatoms. The number of carbonyl (C=O) groups is 1. The van der Waals surface area contributed by atoms with Gasteiger partial charge in [-0.25, -0.2) is 4.79 Å². The number of aliphatic imine (C=N–C) groups is 1. The van der Waals surface area contributed by atoms with Crippen LogP contribution in [-0.4, -0.2) is 58.9 Å². The predicted molar refractivity (Wildman–Crippen MR) is 181 cm³/mol. The van der Waals surface area contributed by atoms with Crippen LogP contribution in [0.15, 0.2) is 63.4 Å². The normalized spacial score (nSPS) is 22.5. The lowest BCUT2D eigenvalue weighted by Gasteiger charge is -2.46. The minimum Gasteiger partial charge on any atom is -0.444 e. The molecule has 0 aromatic rings. The SMILES string of the molecule is C/C=C(\C(C(CCCCC1=CC(C#N)=CC=CC1CC)=NCC)=C(\C)N1C[C@@H](C)N(C(=O)OC(C)(C)C)C[C@@H]1C)C(C)C. The van der Waals surface area contributed by atoms with Crippen LogP contribution in [0.3, 0.4) is 0 Å². The van der Waals surface area contributed by atoms with Gasteiger partial charge in [-0.15, -0.1) is 0 Å².